The molecule has 2 aromatic heterocycles. The number of halogens is 1. The van der Waals surface area contributed by atoms with Gasteiger partial charge < -0.3 is 10.2 Å². The molecule has 1 amide bonds. The first-order valence-corrected chi connectivity index (χ1v) is 9.75. The highest BCUT2D eigenvalue weighted by Gasteiger charge is 2.22. The van der Waals surface area contributed by atoms with Crippen LogP contribution in [0, 0.1) is 11.3 Å². The number of carbonyl (C=O) groups is 1. The first-order chi connectivity index (χ1) is 14.6. The van der Waals surface area contributed by atoms with Gasteiger partial charge in [0.15, 0.2) is 5.82 Å². The number of hydrogen-bond donors (Lipinski definition) is 1. The van der Waals surface area contributed by atoms with E-state index >= 15 is 0 Å². The van der Waals surface area contributed by atoms with Crippen molar-refractivity contribution in [3.63, 3.8) is 0 Å². The zero-order chi connectivity index (χ0) is 20.9. The van der Waals surface area contributed by atoms with E-state index in [1.54, 1.807) is 35.3 Å². The third kappa shape index (κ3) is 4.81. The molecule has 1 N–H and O–H groups in total. The first kappa shape index (κ1) is 19.6. The highest BCUT2D eigenvalue weighted by molar-refractivity contribution is 5.91. The second-order valence-corrected chi connectivity index (χ2v) is 7.29. The molecule has 1 aliphatic rings. The lowest BCUT2D eigenvalue weighted by Crippen LogP contribution is -2.21. The van der Waals surface area contributed by atoms with Crippen LogP contribution in [0.1, 0.15) is 23.1 Å². The molecule has 1 fully saturated rings. The molecule has 8 heteroatoms. The summed E-state index contributed by atoms with van der Waals surface area (Å²) in [6.07, 6.45) is 3.36. The Kier molecular flexibility index (Phi) is 5.70. The van der Waals surface area contributed by atoms with E-state index in [0.29, 0.717) is 37.4 Å². The fourth-order valence-corrected chi connectivity index (χ4v) is 3.39. The van der Waals surface area contributed by atoms with Crippen LogP contribution in [0.25, 0.3) is 0 Å². The number of rotatable bonds is 6. The van der Waals surface area contributed by atoms with Crippen LogP contribution in [-0.4, -0.2) is 39.9 Å². The van der Waals surface area contributed by atoms with Gasteiger partial charge in [-0.1, -0.05) is 18.2 Å². The van der Waals surface area contributed by atoms with Gasteiger partial charge in [-0.15, -0.1) is 0 Å². The zero-order valence-electron chi connectivity index (χ0n) is 16.3. The summed E-state index contributed by atoms with van der Waals surface area (Å²) in [7, 11) is 0. The van der Waals surface area contributed by atoms with Crippen molar-refractivity contribution in [2.24, 2.45) is 0 Å². The molecule has 1 aliphatic heterocycles. The summed E-state index contributed by atoms with van der Waals surface area (Å²) >= 11 is 0. The number of pyridine rings is 1. The molecule has 1 aromatic carbocycles. The Hall–Kier alpha value is -3.73. The van der Waals surface area contributed by atoms with Crippen molar-refractivity contribution < 1.29 is 9.18 Å². The van der Waals surface area contributed by atoms with Gasteiger partial charge in [0.25, 0.3) is 0 Å². The minimum Gasteiger partial charge on any atom is -0.354 e. The number of benzene rings is 1. The largest absolute Gasteiger partial charge is 0.354 e. The van der Waals surface area contributed by atoms with Gasteiger partial charge in [0.1, 0.15) is 12.0 Å². The van der Waals surface area contributed by atoms with Crippen molar-refractivity contribution in [1.29, 1.82) is 5.26 Å². The predicted octanol–water partition coefficient (Wildman–Crippen LogP) is 2.93. The summed E-state index contributed by atoms with van der Waals surface area (Å²) in [5, 5.41) is 16.0. The van der Waals surface area contributed by atoms with Crippen LogP contribution in [0.5, 0.6) is 0 Å². The maximum atomic E-state index is 13.3. The Bertz CT molecular complexity index is 1050. The van der Waals surface area contributed by atoms with Crippen LogP contribution in [0.3, 0.4) is 0 Å². The van der Waals surface area contributed by atoms with Crippen LogP contribution >= 0.6 is 0 Å². The number of hydrogen-bond acceptors (Lipinski definition) is 5. The van der Waals surface area contributed by atoms with Crippen molar-refractivity contribution in [1.82, 2.24) is 14.8 Å². The highest BCUT2D eigenvalue weighted by atomic mass is 19.1. The second kappa shape index (κ2) is 8.74. The maximum Gasteiger partial charge on any atom is 0.230 e. The molecule has 0 radical (unpaired) electrons. The summed E-state index contributed by atoms with van der Waals surface area (Å²) in [6.45, 7) is 1.58. The van der Waals surface area contributed by atoms with Gasteiger partial charge in [0.05, 0.1) is 31.1 Å². The number of carbonyl (C=O) groups excluding carboxylic acids is 1. The molecule has 4 rings (SSSR count). The molecule has 7 nitrogen and oxygen atoms in total. The second-order valence-electron chi connectivity index (χ2n) is 7.29. The molecule has 0 aliphatic carbocycles. The standard InChI is InChI=1S/C22H21FN6O/c23-19-7-9-28(15-19)21-6-5-18(13-25-21)11-22(30)26-20-8-10-29(27-20)14-17-3-1-16(12-24)2-4-17/h1-6,8,10,13,19H,7,9,11,14-15H2,(H,26,27,30)/t19-/m1/s1. The van der Waals surface area contributed by atoms with Gasteiger partial charge in [-0.05, 0) is 35.7 Å². The number of amides is 1. The van der Waals surface area contributed by atoms with E-state index in [-0.39, 0.29) is 12.3 Å². The van der Waals surface area contributed by atoms with Gasteiger partial charge in [-0.2, -0.15) is 10.4 Å². The van der Waals surface area contributed by atoms with E-state index in [4.69, 9.17) is 5.26 Å². The van der Waals surface area contributed by atoms with E-state index in [2.05, 4.69) is 21.5 Å². The normalized spacial score (nSPS) is 15.7. The summed E-state index contributed by atoms with van der Waals surface area (Å²) in [6, 6.07) is 14.8. The fraction of sp³-hybridized carbons (Fsp3) is 0.273. The number of aromatic nitrogens is 3. The van der Waals surface area contributed by atoms with Crippen molar-refractivity contribution >= 4 is 17.5 Å². The zero-order valence-corrected chi connectivity index (χ0v) is 16.3. The van der Waals surface area contributed by atoms with E-state index in [1.165, 1.54) is 0 Å². The summed E-state index contributed by atoms with van der Waals surface area (Å²) in [4.78, 5) is 18.6. The lowest BCUT2D eigenvalue weighted by Gasteiger charge is -2.16. The van der Waals surface area contributed by atoms with Crippen LogP contribution in [0.4, 0.5) is 16.0 Å². The molecule has 0 spiro atoms. The minimum atomic E-state index is -0.797. The Morgan fingerprint density at radius 2 is 2.00 bits per heavy atom. The maximum absolute atomic E-state index is 13.3. The number of nitriles is 1. The quantitative estimate of drug-likeness (QED) is 0.683. The lowest BCUT2D eigenvalue weighted by atomic mass is 10.1. The first-order valence-electron chi connectivity index (χ1n) is 9.75. The van der Waals surface area contributed by atoms with Crippen LogP contribution in [0.15, 0.2) is 54.9 Å². The number of anilines is 2. The summed E-state index contributed by atoms with van der Waals surface area (Å²) < 4.78 is 15.1. The van der Waals surface area contributed by atoms with Crippen LogP contribution in [0.2, 0.25) is 0 Å². The topological polar surface area (TPSA) is 86.8 Å². The summed E-state index contributed by atoms with van der Waals surface area (Å²) in [5.74, 6) is 1.03. The number of alkyl halides is 1. The molecule has 0 bridgehead atoms. The Labute approximate surface area is 173 Å². The monoisotopic (exact) mass is 404 g/mol. The van der Waals surface area contributed by atoms with Gasteiger partial charge in [-0.3, -0.25) is 9.48 Å². The SMILES string of the molecule is N#Cc1ccc(Cn2ccc(NC(=O)Cc3ccc(N4CC[C@@H](F)C4)nc3)n2)cc1. The van der Waals surface area contributed by atoms with Crippen molar-refractivity contribution in [3.8, 4) is 6.07 Å². The average molecular weight is 404 g/mol. The Morgan fingerprint density at radius 1 is 1.20 bits per heavy atom. The van der Waals surface area contributed by atoms with Gasteiger partial charge in [0.2, 0.25) is 5.91 Å². The van der Waals surface area contributed by atoms with Gasteiger partial charge in [-0.25, -0.2) is 9.37 Å². The van der Waals surface area contributed by atoms with Crippen LogP contribution < -0.4 is 10.2 Å². The Balaban J connectivity index is 1.30. The fourth-order valence-electron chi connectivity index (χ4n) is 3.39. The molecule has 0 saturated carbocycles. The summed E-state index contributed by atoms with van der Waals surface area (Å²) in [5.41, 5.74) is 2.41. The van der Waals surface area contributed by atoms with Crippen molar-refractivity contribution in [2.75, 3.05) is 23.3 Å². The molecule has 3 heterocycles. The van der Waals surface area contributed by atoms with E-state index < -0.39 is 6.17 Å². The predicted molar refractivity (Wildman–Crippen MR) is 111 cm³/mol. The average Bonchev–Trinajstić information content (AvgIpc) is 3.38. The third-order valence-corrected chi connectivity index (χ3v) is 4.96. The van der Waals surface area contributed by atoms with Gasteiger partial charge in [0, 0.05) is 25.0 Å². The van der Waals surface area contributed by atoms with Crippen molar-refractivity contribution in [3.05, 3.63) is 71.5 Å². The number of nitrogens with one attached hydrogen (secondary N) is 1. The molecule has 30 heavy (non-hydrogen) atoms. The van der Waals surface area contributed by atoms with Crippen LogP contribution in [-0.2, 0) is 17.8 Å². The lowest BCUT2D eigenvalue weighted by molar-refractivity contribution is -0.115. The molecular formula is C22H21FN6O. The number of nitrogens with zero attached hydrogens (tertiary/aromatic N) is 5. The Morgan fingerprint density at radius 3 is 2.67 bits per heavy atom. The van der Waals surface area contributed by atoms with E-state index in [0.717, 1.165) is 16.9 Å². The smallest absolute Gasteiger partial charge is 0.230 e. The molecular weight excluding hydrogens is 383 g/mol. The van der Waals surface area contributed by atoms with Crippen molar-refractivity contribution in [2.45, 2.75) is 25.6 Å². The van der Waals surface area contributed by atoms with E-state index in [9.17, 15) is 9.18 Å². The minimum absolute atomic E-state index is 0.182. The molecule has 152 valence electrons. The molecule has 0 unspecified atom stereocenters. The van der Waals surface area contributed by atoms with Gasteiger partial charge >= 0.3 is 0 Å². The highest BCUT2D eigenvalue weighted by Crippen LogP contribution is 2.20. The third-order valence-electron chi connectivity index (χ3n) is 4.96. The van der Waals surface area contributed by atoms with E-state index in [1.807, 2.05) is 29.2 Å². The molecule has 1 saturated heterocycles. The molecule has 3 aromatic rings. The molecule has 1 atom stereocenters.